The van der Waals surface area contributed by atoms with Gasteiger partial charge >= 0.3 is 0 Å². The molecule has 0 radical (unpaired) electrons. The molecule has 1 aliphatic rings. The maximum atomic E-state index is 12.7. The second kappa shape index (κ2) is 6.67. The number of rotatable bonds is 3. The zero-order valence-corrected chi connectivity index (χ0v) is 14.9. The molecule has 1 saturated heterocycles. The van der Waals surface area contributed by atoms with Crippen LogP contribution < -0.4 is 9.80 Å². The van der Waals surface area contributed by atoms with E-state index in [1.165, 1.54) is 22.7 Å². The van der Waals surface area contributed by atoms with E-state index in [2.05, 4.69) is 0 Å². The topological polar surface area (TPSA) is 43.8 Å². The molecule has 3 rings (SSSR count). The number of thiocarbonyl (C=S) groups is 1. The van der Waals surface area contributed by atoms with E-state index in [1.54, 1.807) is 18.2 Å². The predicted octanol–water partition coefficient (Wildman–Crippen LogP) is 3.86. The van der Waals surface area contributed by atoms with E-state index in [4.69, 9.17) is 12.2 Å². The van der Waals surface area contributed by atoms with Crippen molar-refractivity contribution in [1.82, 2.24) is 0 Å². The number of phenolic OH excluding ortho intramolecular Hbond substituents is 1. The van der Waals surface area contributed by atoms with Crippen molar-refractivity contribution in [1.29, 1.82) is 0 Å². The van der Waals surface area contributed by atoms with Crippen LogP contribution in [0.15, 0.2) is 53.4 Å². The van der Waals surface area contributed by atoms with Gasteiger partial charge in [-0.2, -0.15) is 0 Å². The lowest BCUT2D eigenvalue weighted by Gasteiger charge is -2.14. The molecule has 4 nitrogen and oxygen atoms in total. The minimum Gasteiger partial charge on any atom is -0.508 e. The standard InChI is InChI=1S/C18H16N2O2S2/c1-19(2)13-8-6-12(7-9-13)10-16-17(22)20(18(23)24-16)14-4-3-5-15(21)11-14/h3-11,21H,1-2H3/b16-10-. The first kappa shape index (κ1) is 16.5. The molecule has 6 heteroatoms. The normalized spacial score (nSPS) is 16.1. The number of anilines is 2. The molecule has 0 aromatic heterocycles. The van der Waals surface area contributed by atoms with Gasteiger partial charge in [-0.3, -0.25) is 9.69 Å². The fourth-order valence-corrected chi connectivity index (χ4v) is 3.64. The van der Waals surface area contributed by atoms with Gasteiger partial charge in [0.25, 0.3) is 5.91 Å². The Morgan fingerprint density at radius 1 is 1.17 bits per heavy atom. The summed E-state index contributed by atoms with van der Waals surface area (Å²) in [6.45, 7) is 0. The van der Waals surface area contributed by atoms with Crippen LogP contribution in [-0.2, 0) is 4.79 Å². The molecule has 1 heterocycles. The quantitative estimate of drug-likeness (QED) is 0.668. The zero-order valence-electron chi connectivity index (χ0n) is 13.3. The lowest BCUT2D eigenvalue weighted by Crippen LogP contribution is -2.27. The summed E-state index contributed by atoms with van der Waals surface area (Å²) in [7, 11) is 3.96. The third-order valence-electron chi connectivity index (χ3n) is 3.59. The van der Waals surface area contributed by atoms with Gasteiger partial charge in [-0.25, -0.2) is 0 Å². The largest absolute Gasteiger partial charge is 0.508 e. The Morgan fingerprint density at radius 2 is 1.88 bits per heavy atom. The van der Waals surface area contributed by atoms with Crippen molar-refractivity contribution in [2.45, 2.75) is 0 Å². The van der Waals surface area contributed by atoms with Crippen molar-refractivity contribution < 1.29 is 9.90 Å². The van der Waals surface area contributed by atoms with Crippen LogP contribution in [0.25, 0.3) is 6.08 Å². The van der Waals surface area contributed by atoms with Gasteiger partial charge in [0, 0.05) is 25.8 Å². The Labute approximate surface area is 150 Å². The van der Waals surface area contributed by atoms with Crippen molar-refractivity contribution in [3.8, 4) is 5.75 Å². The smallest absolute Gasteiger partial charge is 0.270 e. The number of hydrogen-bond donors (Lipinski definition) is 1. The van der Waals surface area contributed by atoms with Gasteiger partial charge in [-0.1, -0.05) is 42.2 Å². The van der Waals surface area contributed by atoms with Crippen molar-refractivity contribution in [3.63, 3.8) is 0 Å². The SMILES string of the molecule is CN(C)c1ccc(/C=C2\SC(=S)N(c3cccc(O)c3)C2=O)cc1. The summed E-state index contributed by atoms with van der Waals surface area (Å²) in [5.41, 5.74) is 2.61. The number of hydrogen-bond acceptors (Lipinski definition) is 5. The van der Waals surface area contributed by atoms with Gasteiger partial charge in [0.2, 0.25) is 0 Å². The molecule has 0 unspecified atom stereocenters. The highest BCUT2D eigenvalue weighted by Gasteiger charge is 2.33. The minimum absolute atomic E-state index is 0.102. The molecule has 0 aliphatic carbocycles. The van der Waals surface area contributed by atoms with Crippen LogP contribution in [0.2, 0.25) is 0 Å². The number of carbonyl (C=O) groups is 1. The van der Waals surface area contributed by atoms with Crippen molar-refractivity contribution in [3.05, 3.63) is 59.0 Å². The molecule has 1 aliphatic heterocycles. The Hall–Kier alpha value is -2.31. The van der Waals surface area contributed by atoms with Crippen LogP contribution in [0.3, 0.4) is 0 Å². The van der Waals surface area contributed by atoms with Gasteiger partial charge in [-0.05, 0) is 35.9 Å². The lowest BCUT2D eigenvalue weighted by atomic mass is 10.2. The molecular weight excluding hydrogens is 340 g/mol. The summed E-state index contributed by atoms with van der Waals surface area (Å²) in [5.74, 6) is -0.0721. The summed E-state index contributed by atoms with van der Waals surface area (Å²) in [5, 5.41) is 9.61. The second-order valence-corrected chi connectivity index (χ2v) is 7.20. The summed E-state index contributed by atoms with van der Waals surface area (Å²) >= 11 is 6.59. The maximum Gasteiger partial charge on any atom is 0.270 e. The fraction of sp³-hybridized carbons (Fsp3) is 0.111. The third-order valence-corrected chi connectivity index (χ3v) is 4.89. The molecule has 0 spiro atoms. The number of thioether (sulfide) groups is 1. The van der Waals surface area contributed by atoms with Crippen LogP contribution in [-0.4, -0.2) is 29.4 Å². The Morgan fingerprint density at radius 3 is 2.50 bits per heavy atom. The molecule has 1 fully saturated rings. The molecule has 122 valence electrons. The van der Waals surface area contributed by atoms with E-state index in [0.29, 0.717) is 14.9 Å². The van der Waals surface area contributed by atoms with Gasteiger partial charge in [-0.15, -0.1) is 0 Å². The highest BCUT2D eigenvalue weighted by molar-refractivity contribution is 8.27. The van der Waals surface area contributed by atoms with Crippen LogP contribution in [0.5, 0.6) is 5.75 Å². The van der Waals surface area contributed by atoms with Crippen molar-refractivity contribution in [2.24, 2.45) is 0 Å². The average molecular weight is 356 g/mol. The van der Waals surface area contributed by atoms with Gasteiger partial charge in [0.05, 0.1) is 10.6 Å². The van der Waals surface area contributed by atoms with E-state index in [9.17, 15) is 9.90 Å². The van der Waals surface area contributed by atoms with Crippen LogP contribution >= 0.6 is 24.0 Å². The summed E-state index contributed by atoms with van der Waals surface area (Å²) < 4.78 is 0.460. The molecule has 1 N–H and O–H groups in total. The third kappa shape index (κ3) is 3.29. The zero-order chi connectivity index (χ0) is 17.3. The minimum atomic E-state index is -0.174. The van der Waals surface area contributed by atoms with Crippen LogP contribution in [0, 0.1) is 0 Å². The van der Waals surface area contributed by atoms with E-state index in [1.807, 2.05) is 49.3 Å². The number of nitrogens with zero attached hydrogens (tertiary/aromatic N) is 2. The first-order valence-corrected chi connectivity index (χ1v) is 8.52. The first-order valence-electron chi connectivity index (χ1n) is 7.30. The van der Waals surface area contributed by atoms with Gasteiger partial charge in [0.1, 0.15) is 5.75 Å². The number of benzene rings is 2. The molecule has 24 heavy (non-hydrogen) atoms. The second-order valence-electron chi connectivity index (χ2n) is 5.52. The monoisotopic (exact) mass is 356 g/mol. The number of phenols is 1. The van der Waals surface area contributed by atoms with E-state index < -0.39 is 0 Å². The molecule has 0 saturated carbocycles. The molecular formula is C18H16N2O2S2. The lowest BCUT2D eigenvalue weighted by molar-refractivity contribution is -0.113. The van der Waals surface area contributed by atoms with E-state index >= 15 is 0 Å². The van der Waals surface area contributed by atoms with Crippen molar-refractivity contribution in [2.75, 3.05) is 23.9 Å². The maximum absolute atomic E-state index is 12.7. The summed E-state index contributed by atoms with van der Waals surface area (Å²) in [6.07, 6.45) is 1.83. The van der Waals surface area contributed by atoms with Crippen LogP contribution in [0.4, 0.5) is 11.4 Å². The van der Waals surface area contributed by atoms with Gasteiger partial charge < -0.3 is 10.0 Å². The number of aromatic hydroxyl groups is 1. The summed E-state index contributed by atoms with van der Waals surface area (Å²) in [4.78, 5) is 16.7. The van der Waals surface area contributed by atoms with Crippen molar-refractivity contribution >= 4 is 51.7 Å². The highest BCUT2D eigenvalue weighted by Crippen LogP contribution is 2.36. The van der Waals surface area contributed by atoms with E-state index in [-0.39, 0.29) is 11.7 Å². The predicted molar refractivity (Wildman–Crippen MR) is 105 cm³/mol. The number of carbonyl (C=O) groups excluding carboxylic acids is 1. The van der Waals surface area contributed by atoms with E-state index in [0.717, 1.165) is 11.3 Å². The Kier molecular flexibility index (Phi) is 4.59. The Balaban J connectivity index is 1.88. The number of amides is 1. The van der Waals surface area contributed by atoms with Crippen LogP contribution in [0.1, 0.15) is 5.56 Å². The molecule has 0 bridgehead atoms. The molecule has 0 atom stereocenters. The highest BCUT2D eigenvalue weighted by atomic mass is 32.2. The average Bonchev–Trinajstić information content (AvgIpc) is 2.82. The Bertz CT molecular complexity index is 829. The van der Waals surface area contributed by atoms with Gasteiger partial charge in [0.15, 0.2) is 4.32 Å². The first-order chi connectivity index (χ1) is 11.5. The summed E-state index contributed by atoms with van der Waals surface area (Å²) in [6, 6.07) is 14.5. The molecule has 2 aromatic carbocycles. The molecule has 2 aromatic rings. The molecule has 1 amide bonds. The fourth-order valence-electron chi connectivity index (χ4n) is 2.34.